The second-order valence-electron chi connectivity index (χ2n) is 7.14. The predicted molar refractivity (Wildman–Crippen MR) is 114 cm³/mol. The quantitative estimate of drug-likeness (QED) is 0.724. The molecule has 7 heteroatoms. The van der Waals surface area contributed by atoms with Gasteiger partial charge in [0.1, 0.15) is 10.8 Å². The average Bonchev–Trinajstić information content (AvgIpc) is 2.97. The van der Waals surface area contributed by atoms with Crippen LogP contribution in [-0.4, -0.2) is 57.1 Å². The third kappa shape index (κ3) is 3.50. The van der Waals surface area contributed by atoms with Crippen LogP contribution in [0.5, 0.6) is 5.75 Å². The van der Waals surface area contributed by atoms with E-state index in [1.54, 1.807) is 36.4 Å². The maximum atomic E-state index is 13.1. The molecule has 2 amide bonds. The van der Waals surface area contributed by atoms with Gasteiger partial charge in [0.2, 0.25) is 0 Å². The minimum atomic E-state index is -0.523. The summed E-state index contributed by atoms with van der Waals surface area (Å²) in [6, 6.07) is 14.5. The Labute approximate surface area is 174 Å². The van der Waals surface area contributed by atoms with Gasteiger partial charge in [0.15, 0.2) is 0 Å². The largest absolute Gasteiger partial charge is 0.496 e. The molecular formula is C22H22ClN3O3. The van der Waals surface area contributed by atoms with E-state index < -0.39 is 11.8 Å². The molecule has 0 N–H and O–H groups in total. The van der Waals surface area contributed by atoms with Crippen molar-refractivity contribution in [3.63, 3.8) is 0 Å². The Morgan fingerprint density at radius 3 is 2.14 bits per heavy atom. The van der Waals surface area contributed by atoms with E-state index in [1.165, 1.54) is 7.11 Å². The summed E-state index contributed by atoms with van der Waals surface area (Å²) in [6.45, 7) is 3.91. The Morgan fingerprint density at radius 1 is 0.862 bits per heavy atom. The monoisotopic (exact) mass is 411 g/mol. The number of carbonyl (C=O) groups is 2. The first-order valence-corrected chi connectivity index (χ1v) is 9.84. The van der Waals surface area contributed by atoms with Crippen molar-refractivity contribution < 1.29 is 14.3 Å². The van der Waals surface area contributed by atoms with Gasteiger partial charge in [-0.05, 0) is 37.4 Å². The third-order valence-electron chi connectivity index (χ3n) is 5.38. The number of amides is 2. The van der Waals surface area contributed by atoms with Crippen molar-refractivity contribution in [1.82, 2.24) is 4.90 Å². The molecule has 0 radical (unpaired) electrons. The Kier molecular flexibility index (Phi) is 5.30. The molecule has 1 saturated heterocycles. The molecule has 0 saturated carbocycles. The summed E-state index contributed by atoms with van der Waals surface area (Å²) >= 11 is 6.30. The number of carbonyl (C=O) groups excluding carboxylic acids is 2. The molecule has 0 spiro atoms. The fourth-order valence-electron chi connectivity index (χ4n) is 3.70. The van der Waals surface area contributed by atoms with Crippen LogP contribution in [0.4, 0.5) is 11.4 Å². The molecule has 2 aliphatic heterocycles. The van der Waals surface area contributed by atoms with Crippen LogP contribution in [-0.2, 0) is 9.59 Å². The summed E-state index contributed by atoms with van der Waals surface area (Å²) in [5.41, 5.74) is 2.25. The normalized spacial score (nSPS) is 18.0. The number of ether oxygens (including phenoxy) is 1. The lowest BCUT2D eigenvalue weighted by Gasteiger charge is -2.34. The van der Waals surface area contributed by atoms with Crippen molar-refractivity contribution in [3.8, 4) is 5.75 Å². The lowest BCUT2D eigenvalue weighted by atomic mass is 10.0. The molecule has 6 nitrogen and oxygen atoms in total. The molecular weight excluding hydrogens is 390 g/mol. The maximum absolute atomic E-state index is 13.1. The van der Waals surface area contributed by atoms with E-state index in [1.807, 2.05) is 12.1 Å². The summed E-state index contributed by atoms with van der Waals surface area (Å²) < 4.78 is 5.34. The molecule has 0 unspecified atom stereocenters. The van der Waals surface area contributed by atoms with E-state index >= 15 is 0 Å². The van der Waals surface area contributed by atoms with Gasteiger partial charge >= 0.3 is 0 Å². The molecule has 0 bridgehead atoms. The molecule has 0 atom stereocenters. The second kappa shape index (κ2) is 7.89. The molecule has 2 heterocycles. The van der Waals surface area contributed by atoms with Crippen LogP contribution < -0.4 is 14.5 Å². The zero-order valence-electron chi connectivity index (χ0n) is 16.4. The molecule has 0 aromatic heterocycles. The number of rotatable bonds is 4. The van der Waals surface area contributed by atoms with E-state index in [4.69, 9.17) is 16.3 Å². The Hall–Kier alpha value is -2.83. The minimum absolute atomic E-state index is 0.0948. The van der Waals surface area contributed by atoms with E-state index in [2.05, 4.69) is 16.8 Å². The third-order valence-corrected chi connectivity index (χ3v) is 5.73. The SMILES string of the molecule is COc1ccccc1C1=C(Cl)C(=O)N(c2ccc(N3CCN(C)CC3)cc2)C1=O. The number of halogens is 1. The fraction of sp³-hybridized carbons (Fsp3) is 0.273. The van der Waals surface area contributed by atoms with Crippen molar-refractivity contribution in [2.45, 2.75) is 0 Å². The van der Waals surface area contributed by atoms with Crippen molar-refractivity contribution in [1.29, 1.82) is 0 Å². The lowest BCUT2D eigenvalue weighted by molar-refractivity contribution is -0.119. The van der Waals surface area contributed by atoms with Crippen molar-refractivity contribution >= 4 is 40.4 Å². The Balaban J connectivity index is 1.60. The first kappa shape index (κ1) is 19.5. The Bertz CT molecular complexity index is 979. The van der Waals surface area contributed by atoms with Gasteiger partial charge in [-0.15, -0.1) is 0 Å². The topological polar surface area (TPSA) is 53.1 Å². The van der Waals surface area contributed by atoms with Crippen LogP contribution in [0.3, 0.4) is 0 Å². The number of nitrogens with zero attached hydrogens (tertiary/aromatic N) is 3. The fourth-order valence-corrected chi connectivity index (χ4v) is 3.97. The number of hydrogen-bond acceptors (Lipinski definition) is 5. The van der Waals surface area contributed by atoms with Crippen LogP contribution in [0, 0.1) is 0 Å². The highest BCUT2D eigenvalue weighted by Crippen LogP contribution is 2.38. The van der Waals surface area contributed by atoms with Gasteiger partial charge in [-0.1, -0.05) is 29.8 Å². The highest BCUT2D eigenvalue weighted by Gasteiger charge is 2.40. The minimum Gasteiger partial charge on any atom is -0.496 e. The number of likely N-dealkylation sites (N-methyl/N-ethyl adjacent to an activating group) is 1. The van der Waals surface area contributed by atoms with Gasteiger partial charge in [-0.3, -0.25) is 9.59 Å². The summed E-state index contributed by atoms with van der Waals surface area (Å²) in [5.74, 6) is -0.476. The first-order valence-electron chi connectivity index (χ1n) is 9.46. The second-order valence-corrected chi connectivity index (χ2v) is 7.52. The number of para-hydroxylation sites is 1. The summed E-state index contributed by atoms with van der Waals surface area (Å²) in [4.78, 5) is 31.6. The number of imide groups is 1. The lowest BCUT2D eigenvalue weighted by Crippen LogP contribution is -2.44. The average molecular weight is 412 g/mol. The zero-order valence-corrected chi connectivity index (χ0v) is 17.1. The number of methoxy groups -OCH3 is 1. The van der Waals surface area contributed by atoms with Gasteiger partial charge in [0.05, 0.1) is 18.4 Å². The van der Waals surface area contributed by atoms with Crippen LogP contribution in [0.2, 0.25) is 0 Å². The highest BCUT2D eigenvalue weighted by molar-refractivity contribution is 6.60. The predicted octanol–water partition coefficient (Wildman–Crippen LogP) is 2.97. The number of anilines is 2. The zero-order chi connectivity index (χ0) is 20.5. The van der Waals surface area contributed by atoms with Crippen LogP contribution in [0.1, 0.15) is 5.56 Å². The summed E-state index contributed by atoms with van der Waals surface area (Å²) in [6.07, 6.45) is 0. The van der Waals surface area contributed by atoms with Crippen LogP contribution >= 0.6 is 11.6 Å². The van der Waals surface area contributed by atoms with Gasteiger partial charge in [0, 0.05) is 37.4 Å². The maximum Gasteiger partial charge on any atom is 0.277 e. The standard InChI is InChI=1S/C22H22ClN3O3/c1-24-11-13-25(14-12-24)15-7-9-16(10-8-15)26-21(27)19(20(23)22(26)28)17-5-3-4-6-18(17)29-2/h3-10H,11-14H2,1-2H3. The molecule has 1 fully saturated rings. The first-order chi connectivity index (χ1) is 14.0. The van der Waals surface area contributed by atoms with Gasteiger partial charge < -0.3 is 14.5 Å². The number of piperazine rings is 1. The number of hydrogen-bond donors (Lipinski definition) is 0. The smallest absolute Gasteiger partial charge is 0.277 e. The molecule has 0 aliphatic carbocycles. The van der Waals surface area contributed by atoms with Crippen molar-refractivity contribution in [2.75, 3.05) is 50.1 Å². The van der Waals surface area contributed by atoms with E-state index in [0.29, 0.717) is 17.0 Å². The molecule has 4 rings (SSSR count). The van der Waals surface area contributed by atoms with Crippen LogP contribution in [0.25, 0.3) is 5.57 Å². The van der Waals surface area contributed by atoms with E-state index in [0.717, 1.165) is 36.8 Å². The Morgan fingerprint density at radius 2 is 1.48 bits per heavy atom. The van der Waals surface area contributed by atoms with Crippen molar-refractivity contribution in [2.24, 2.45) is 0 Å². The van der Waals surface area contributed by atoms with E-state index in [-0.39, 0.29) is 10.6 Å². The number of benzene rings is 2. The summed E-state index contributed by atoms with van der Waals surface area (Å²) in [7, 11) is 3.63. The molecule has 29 heavy (non-hydrogen) atoms. The molecule has 2 aliphatic rings. The molecule has 2 aromatic rings. The molecule has 150 valence electrons. The van der Waals surface area contributed by atoms with Gasteiger partial charge in [0.25, 0.3) is 11.8 Å². The van der Waals surface area contributed by atoms with Crippen molar-refractivity contribution in [3.05, 3.63) is 59.1 Å². The van der Waals surface area contributed by atoms with E-state index in [9.17, 15) is 9.59 Å². The molecule has 2 aromatic carbocycles. The van der Waals surface area contributed by atoms with Gasteiger partial charge in [-0.2, -0.15) is 0 Å². The summed E-state index contributed by atoms with van der Waals surface area (Å²) in [5, 5.41) is -0.0948. The van der Waals surface area contributed by atoms with Gasteiger partial charge in [-0.25, -0.2) is 4.90 Å². The van der Waals surface area contributed by atoms with Crippen LogP contribution in [0.15, 0.2) is 53.6 Å². The highest BCUT2D eigenvalue weighted by atomic mass is 35.5.